The van der Waals surface area contributed by atoms with Crippen LogP contribution in [0.2, 0.25) is 0 Å². The Hall–Kier alpha value is -1.88. The molecule has 5 heteroatoms. The van der Waals surface area contributed by atoms with E-state index in [9.17, 15) is 9.59 Å². The summed E-state index contributed by atoms with van der Waals surface area (Å²) in [5.74, 6) is 0.464. The molecule has 1 atom stereocenters. The van der Waals surface area contributed by atoms with Crippen LogP contribution in [0.1, 0.15) is 51.7 Å². The highest BCUT2D eigenvalue weighted by Gasteiger charge is 2.18. The van der Waals surface area contributed by atoms with Crippen molar-refractivity contribution in [2.45, 2.75) is 52.5 Å². The fourth-order valence-corrected chi connectivity index (χ4v) is 2.55. The minimum atomic E-state index is -0.245. The summed E-state index contributed by atoms with van der Waals surface area (Å²) >= 11 is 0. The van der Waals surface area contributed by atoms with Gasteiger partial charge in [-0.05, 0) is 44.2 Å². The van der Waals surface area contributed by atoms with Gasteiger partial charge in [-0.3, -0.25) is 9.59 Å². The highest BCUT2D eigenvalue weighted by atomic mass is 16.2. The zero-order valence-electron chi connectivity index (χ0n) is 16.5. The summed E-state index contributed by atoms with van der Waals surface area (Å²) in [6.45, 7) is 11.4. The van der Waals surface area contributed by atoms with E-state index < -0.39 is 0 Å². The molecule has 0 radical (unpaired) electrons. The SMILES string of the molecule is CC(C)c1ccc(CCNC(=O)C[NH+](C)CC(=O)NC(C)(C)C)cc1. The zero-order valence-corrected chi connectivity index (χ0v) is 16.5. The molecule has 0 fully saturated rings. The Balaban J connectivity index is 2.29. The first kappa shape index (κ1) is 21.2. The van der Waals surface area contributed by atoms with Gasteiger partial charge in [-0.15, -0.1) is 0 Å². The minimum Gasteiger partial charge on any atom is -0.351 e. The number of amides is 2. The van der Waals surface area contributed by atoms with Crippen LogP contribution in [0.3, 0.4) is 0 Å². The first-order valence-corrected chi connectivity index (χ1v) is 9.04. The molecule has 1 aromatic rings. The molecule has 3 N–H and O–H groups in total. The summed E-state index contributed by atoms with van der Waals surface area (Å²) in [7, 11) is 1.85. The van der Waals surface area contributed by atoms with Gasteiger partial charge in [0.2, 0.25) is 0 Å². The van der Waals surface area contributed by atoms with Gasteiger partial charge in [0.15, 0.2) is 13.1 Å². The predicted octanol–water partition coefficient (Wildman–Crippen LogP) is 0.898. The second-order valence-electron chi connectivity index (χ2n) is 8.11. The van der Waals surface area contributed by atoms with Crippen molar-refractivity contribution < 1.29 is 14.5 Å². The quantitative estimate of drug-likeness (QED) is 0.654. The average Bonchev–Trinajstić information content (AvgIpc) is 2.45. The second kappa shape index (κ2) is 9.56. The van der Waals surface area contributed by atoms with Crippen LogP contribution in [0.5, 0.6) is 0 Å². The van der Waals surface area contributed by atoms with Gasteiger partial charge in [-0.1, -0.05) is 38.1 Å². The molecule has 1 unspecified atom stereocenters. The molecule has 0 saturated carbocycles. The maximum Gasteiger partial charge on any atom is 0.275 e. The van der Waals surface area contributed by atoms with E-state index in [-0.39, 0.29) is 17.4 Å². The van der Waals surface area contributed by atoms with E-state index >= 15 is 0 Å². The van der Waals surface area contributed by atoms with E-state index in [2.05, 4.69) is 48.7 Å². The number of rotatable bonds is 8. The van der Waals surface area contributed by atoms with Gasteiger partial charge < -0.3 is 15.5 Å². The first-order valence-electron chi connectivity index (χ1n) is 9.04. The molecule has 0 aliphatic heterocycles. The van der Waals surface area contributed by atoms with E-state index in [0.717, 1.165) is 11.3 Å². The molecule has 5 nitrogen and oxygen atoms in total. The lowest BCUT2D eigenvalue weighted by atomic mass is 10.0. The molecule has 0 spiro atoms. The third-order valence-electron chi connectivity index (χ3n) is 3.82. The largest absolute Gasteiger partial charge is 0.351 e. The van der Waals surface area contributed by atoms with Crippen LogP contribution < -0.4 is 15.5 Å². The summed E-state index contributed by atoms with van der Waals surface area (Å²) in [6, 6.07) is 8.53. The summed E-state index contributed by atoms with van der Waals surface area (Å²) in [6.07, 6.45) is 0.813. The molecular formula is C20H34N3O2+. The highest BCUT2D eigenvalue weighted by Crippen LogP contribution is 2.14. The Kier molecular flexibility index (Phi) is 8.10. The van der Waals surface area contributed by atoms with Gasteiger partial charge in [0.1, 0.15) is 0 Å². The van der Waals surface area contributed by atoms with Gasteiger partial charge >= 0.3 is 0 Å². The number of carbonyl (C=O) groups excluding carboxylic acids is 2. The van der Waals surface area contributed by atoms with Crippen molar-refractivity contribution in [3.05, 3.63) is 35.4 Å². The van der Waals surface area contributed by atoms with Gasteiger partial charge in [0.25, 0.3) is 11.8 Å². The van der Waals surface area contributed by atoms with E-state index in [1.54, 1.807) is 0 Å². The molecule has 140 valence electrons. The molecule has 2 amide bonds. The first-order chi connectivity index (χ1) is 11.6. The van der Waals surface area contributed by atoms with Gasteiger partial charge in [0.05, 0.1) is 7.05 Å². The Morgan fingerprint density at radius 3 is 2.12 bits per heavy atom. The smallest absolute Gasteiger partial charge is 0.275 e. The molecule has 1 aromatic carbocycles. The minimum absolute atomic E-state index is 0.0279. The third-order valence-corrected chi connectivity index (χ3v) is 3.82. The van der Waals surface area contributed by atoms with Crippen molar-refractivity contribution >= 4 is 11.8 Å². The number of nitrogens with one attached hydrogen (secondary N) is 3. The molecule has 1 rings (SSSR count). The van der Waals surface area contributed by atoms with Crippen LogP contribution in [0.15, 0.2) is 24.3 Å². The van der Waals surface area contributed by atoms with Crippen molar-refractivity contribution in [1.82, 2.24) is 10.6 Å². The summed E-state index contributed by atoms with van der Waals surface area (Å²) < 4.78 is 0. The van der Waals surface area contributed by atoms with Crippen molar-refractivity contribution in [3.8, 4) is 0 Å². The molecule has 0 saturated heterocycles. The standard InChI is InChI=1S/C20H33N3O2/c1-15(2)17-9-7-16(8-10-17)11-12-21-18(24)13-23(6)14-19(25)22-20(3,4)5/h7-10,15H,11-14H2,1-6H3,(H,21,24)(H,22,25)/p+1. The van der Waals surface area contributed by atoms with Gasteiger partial charge in [0, 0.05) is 12.1 Å². The lowest BCUT2D eigenvalue weighted by Gasteiger charge is -2.21. The molecule has 0 aliphatic carbocycles. The van der Waals surface area contributed by atoms with Crippen LogP contribution in [-0.2, 0) is 16.0 Å². The number of quaternary nitrogens is 1. The Bertz CT molecular complexity index is 559. The Morgan fingerprint density at radius 1 is 1.04 bits per heavy atom. The fraction of sp³-hybridized carbons (Fsp3) is 0.600. The van der Waals surface area contributed by atoms with Crippen LogP contribution in [0.25, 0.3) is 0 Å². The maximum absolute atomic E-state index is 12.0. The zero-order chi connectivity index (χ0) is 19.0. The number of benzene rings is 1. The number of carbonyl (C=O) groups is 2. The van der Waals surface area contributed by atoms with E-state index in [0.29, 0.717) is 25.6 Å². The molecular weight excluding hydrogens is 314 g/mol. The van der Waals surface area contributed by atoms with Crippen molar-refractivity contribution in [1.29, 1.82) is 0 Å². The summed E-state index contributed by atoms with van der Waals surface area (Å²) in [5, 5.41) is 5.84. The van der Waals surface area contributed by atoms with Gasteiger partial charge in [-0.25, -0.2) is 0 Å². The normalized spacial score (nSPS) is 12.8. The lowest BCUT2D eigenvalue weighted by Crippen LogP contribution is -3.11. The highest BCUT2D eigenvalue weighted by molar-refractivity contribution is 5.79. The fourth-order valence-electron chi connectivity index (χ4n) is 2.55. The van der Waals surface area contributed by atoms with Crippen molar-refractivity contribution in [2.75, 3.05) is 26.7 Å². The van der Waals surface area contributed by atoms with Crippen LogP contribution in [0, 0.1) is 0 Å². The second-order valence-corrected chi connectivity index (χ2v) is 8.11. The topological polar surface area (TPSA) is 62.6 Å². The Morgan fingerprint density at radius 2 is 1.60 bits per heavy atom. The van der Waals surface area contributed by atoms with Crippen LogP contribution in [0.4, 0.5) is 0 Å². The predicted molar refractivity (Wildman–Crippen MR) is 102 cm³/mol. The van der Waals surface area contributed by atoms with E-state index in [1.807, 2.05) is 27.8 Å². The third kappa shape index (κ3) is 9.25. The molecule has 0 aromatic heterocycles. The molecule has 0 aliphatic rings. The molecule has 0 heterocycles. The van der Waals surface area contributed by atoms with E-state index in [1.165, 1.54) is 11.1 Å². The number of hydrogen-bond donors (Lipinski definition) is 3. The maximum atomic E-state index is 12.0. The monoisotopic (exact) mass is 348 g/mol. The number of likely N-dealkylation sites (N-methyl/N-ethyl adjacent to an activating group) is 1. The van der Waals surface area contributed by atoms with Gasteiger partial charge in [-0.2, -0.15) is 0 Å². The summed E-state index contributed by atoms with van der Waals surface area (Å²) in [4.78, 5) is 24.7. The van der Waals surface area contributed by atoms with Crippen molar-refractivity contribution in [3.63, 3.8) is 0 Å². The molecule has 0 bridgehead atoms. The Labute approximate surface area is 152 Å². The molecule has 25 heavy (non-hydrogen) atoms. The number of hydrogen-bond acceptors (Lipinski definition) is 2. The summed E-state index contributed by atoms with van der Waals surface area (Å²) in [5.41, 5.74) is 2.30. The van der Waals surface area contributed by atoms with Crippen molar-refractivity contribution in [2.24, 2.45) is 0 Å². The van der Waals surface area contributed by atoms with Crippen LogP contribution >= 0.6 is 0 Å². The van der Waals surface area contributed by atoms with E-state index in [4.69, 9.17) is 0 Å². The lowest BCUT2D eigenvalue weighted by molar-refractivity contribution is -0.862. The average molecular weight is 349 g/mol. The van der Waals surface area contributed by atoms with Crippen LogP contribution in [-0.4, -0.2) is 44.0 Å².